The average molecular weight is 136 g/mol. The maximum absolute atomic E-state index is 10.1. The van der Waals surface area contributed by atoms with Crippen LogP contribution in [-0.4, -0.2) is 16.2 Å². The Morgan fingerprint density at radius 3 is 3.00 bits per heavy atom. The first-order chi connectivity index (χ1) is 4.75. The van der Waals surface area contributed by atoms with E-state index in [1.807, 2.05) is 0 Å². The molecule has 0 aromatic carbocycles. The van der Waals surface area contributed by atoms with Crippen LogP contribution in [0.3, 0.4) is 0 Å². The molecule has 10 heavy (non-hydrogen) atoms. The summed E-state index contributed by atoms with van der Waals surface area (Å²) in [5.41, 5.74) is -0.289. The first-order valence-electron chi connectivity index (χ1n) is 2.40. The summed E-state index contributed by atoms with van der Waals surface area (Å²) >= 11 is 0. The van der Waals surface area contributed by atoms with E-state index in [1.54, 1.807) is 6.07 Å². The quantitative estimate of drug-likeness (QED) is 0.516. The maximum atomic E-state index is 10.1. The van der Waals surface area contributed by atoms with Crippen LogP contribution in [0.25, 0.3) is 0 Å². The monoisotopic (exact) mass is 136 g/mol. The van der Waals surface area contributed by atoms with Crippen LogP contribution in [0.4, 0.5) is 0 Å². The van der Waals surface area contributed by atoms with Gasteiger partial charge in [-0.1, -0.05) is 0 Å². The fourth-order valence-corrected chi connectivity index (χ4v) is 0.527. The molecule has 0 amide bonds. The number of rotatable bonds is 1. The number of carbonyl (C=O) groups excluding carboxylic acids is 1. The Morgan fingerprint density at radius 2 is 2.60 bits per heavy atom. The Balaban J connectivity index is 3.17. The van der Waals surface area contributed by atoms with E-state index < -0.39 is 5.97 Å². The standard InChI is InChI=1S/C5H3N3O2/c6-1-3-2-7-8-4(3)5(9)10/h2H,(H,7,8)(H,9,10)/p-1. The lowest BCUT2D eigenvalue weighted by molar-refractivity contribution is -0.255. The second-order valence-electron chi connectivity index (χ2n) is 1.56. The van der Waals surface area contributed by atoms with Gasteiger partial charge in [-0.3, -0.25) is 5.10 Å². The van der Waals surface area contributed by atoms with E-state index in [-0.39, 0.29) is 11.3 Å². The number of aromatic nitrogens is 2. The molecule has 50 valence electrons. The van der Waals surface area contributed by atoms with Crippen LogP contribution in [0.2, 0.25) is 0 Å². The number of carboxylic acid groups (broad SMARTS) is 1. The summed E-state index contributed by atoms with van der Waals surface area (Å²) in [5.74, 6) is -1.42. The molecule has 0 spiro atoms. The van der Waals surface area contributed by atoms with Crippen molar-refractivity contribution in [1.82, 2.24) is 10.2 Å². The van der Waals surface area contributed by atoms with E-state index in [9.17, 15) is 9.90 Å². The summed E-state index contributed by atoms with van der Waals surface area (Å²) in [4.78, 5) is 10.1. The van der Waals surface area contributed by atoms with E-state index in [0.717, 1.165) is 6.20 Å². The van der Waals surface area contributed by atoms with Gasteiger partial charge in [0.25, 0.3) is 0 Å². The molecule has 0 saturated carbocycles. The number of carbonyl (C=O) groups is 1. The van der Waals surface area contributed by atoms with E-state index in [2.05, 4.69) is 10.2 Å². The van der Waals surface area contributed by atoms with Gasteiger partial charge in [0, 0.05) is 0 Å². The third-order valence-corrected chi connectivity index (χ3v) is 0.964. The van der Waals surface area contributed by atoms with Gasteiger partial charge in [-0.15, -0.1) is 0 Å². The molecule has 1 aromatic rings. The number of aromatic amines is 1. The summed E-state index contributed by atoms with van der Waals surface area (Å²) in [5, 5.41) is 23.8. The normalized spacial score (nSPS) is 8.70. The zero-order valence-corrected chi connectivity index (χ0v) is 4.79. The smallest absolute Gasteiger partial charge is 0.103 e. The average Bonchev–Trinajstić information content (AvgIpc) is 2.33. The molecule has 1 heterocycles. The number of nitriles is 1. The molecule has 5 heteroatoms. The van der Waals surface area contributed by atoms with Crippen molar-refractivity contribution >= 4 is 5.97 Å². The molecule has 0 unspecified atom stereocenters. The van der Waals surface area contributed by atoms with Gasteiger partial charge in [0.2, 0.25) is 0 Å². The van der Waals surface area contributed by atoms with Crippen molar-refractivity contribution in [3.05, 3.63) is 17.5 Å². The highest BCUT2D eigenvalue weighted by Crippen LogP contribution is 1.99. The van der Waals surface area contributed by atoms with Crippen LogP contribution in [-0.2, 0) is 0 Å². The van der Waals surface area contributed by atoms with Gasteiger partial charge in [0.15, 0.2) is 0 Å². The van der Waals surface area contributed by atoms with E-state index >= 15 is 0 Å². The molecule has 1 rings (SSSR count). The highest BCUT2D eigenvalue weighted by Gasteiger charge is 2.02. The Labute approximate surface area is 55.9 Å². The molecule has 0 bridgehead atoms. The van der Waals surface area contributed by atoms with Crippen LogP contribution in [0.5, 0.6) is 0 Å². The Bertz CT molecular complexity index is 296. The van der Waals surface area contributed by atoms with Crippen LogP contribution >= 0.6 is 0 Å². The molecule has 0 aliphatic heterocycles. The number of aromatic carboxylic acids is 1. The zero-order valence-electron chi connectivity index (χ0n) is 4.79. The molecule has 0 radical (unpaired) electrons. The molecule has 0 aliphatic carbocycles. The lowest BCUT2D eigenvalue weighted by Gasteiger charge is -1.94. The minimum absolute atomic E-state index is 0.0139. The fraction of sp³-hybridized carbons (Fsp3) is 0. The van der Waals surface area contributed by atoms with Gasteiger partial charge >= 0.3 is 0 Å². The number of hydrogen-bond donors (Lipinski definition) is 1. The molecular weight excluding hydrogens is 134 g/mol. The Morgan fingerprint density at radius 1 is 1.90 bits per heavy atom. The molecule has 0 atom stereocenters. The predicted molar refractivity (Wildman–Crippen MR) is 27.6 cm³/mol. The summed E-state index contributed by atoms with van der Waals surface area (Å²) in [6, 6.07) is 1.64. The summed E-state index contributed by atoms with van der Waals surface area (Å²) in [6.07, 6.45) is 1.13. The van der Waals surface area contributed by atoms with Crippen LogP contribution in [0.15, 0.2) is 6.20 Å². The second-order valence-corrected chi connectivity index (χ2v) is 1.56. The third kappa shape index (κ3) is 0.821. The predicted octanol–water partition coefficient (Wildman–Crippen LogP) is -1.36. The molecule has 0 saturated heterocycles. The van der Waals surface area contributed by atoms with Crippen molar-refractivity contribution in [2.45, 2.75) is 0 Å². The highest BCUT2D eigenvalue weighted by molar-refractivity contribution is 5.86. The van der Waals surface area contributed by atoms with Gasteiger partial charge < -0.3 is 9.90 Å². The van der Waals surface area contributed by atoms with Crippen LogP contribution in [0, 0.1) is 11.3 Å². The van der Waals surface area contributed by atoms with Crippen molar-refractivity contribution in [1.29, 1.82) is 5.26 Å². The largest absolute Gasteiger partial charge is 0.543 e. The molecule has 1 aromatic heterocycles. The Hall–Kier alpha value is -1.83. The summed E-state index contributed by atoms with van der Waals surface area (Å²) in [7, 11) is 0. The topological polar surface area (TPSA) is 92.6 Å². The van der Waals surface area contributed by atoms with E-state index in [1.165, 1.54) is 0 Å². The second kappa shape index (κ2) is 2.19. The fourth-order valence-electron chi connectivity index (χ4n) is 0.527. The lowest BCUT2D eigenvalue weighted by Crippen LogP contribution is -2.23. The van der Waals surface area contributed by atoms with E-state index in [0.29, 0.717) is 0 Å². The van der Waals surface area contributed by atoms with Crippen molar-refractivity contribution in [3.63, 3.8) is 0 Å². The molecule has 0 aliphatic rings. The number of hydrogen-bond acceptors (Lipinski definition) is 4. The van der Waals surface area contributed by atoms with Gasteiger partial charge in [0.05, 0.1) is 23.4 Å². The van der Waals surface area contributed by atoms with Gasteiger partial charge in [-0.05, 0) is 0 Å². The van der Waals surface area contributed by atoms with Crippen LogP contribution in [0.1, 0.15) is 16.1 Å². The third-order valence-electron chi connectivity index (χ3n) is 0.964. The van der Waals surface area contributed by atoms with Gasteiger partial charge in [0.1, 0.15) is 6.07 Å². The summed E-state index contributed by atoms with van der Waals surface area (Å²) in [6.45, 7) is 0. The zero-order chi connectivity index (χ0) is 7.56. The van der Waals surface area contributed by atoms with E-state index in [4.69, 9.17) is 5.26 Å². The highest BCUT2D eigenvalue weighted by atomic mass is 16.4. The molecule has 5 nitrogen and oxygen atoms in total. The molecule has 0 fully saturated rings. The van der Waals surface area contributed by atoms with Crippen molar-refractivity contribution in [2.24, 2.45) is 0 Å². The summed E-state index contributed by atoms with van der Waals surface area (Å²) < 4.78 is 0. The van der Waals surface area contributed by atoms with Gasteiger partial charge in [-0.25, -0.2) is 0 Å². The van der Waals surface area contributed by atoms with Gasteiger partial charge in [-0.2, -0.15) is 10.4 Å². The molecular formula is C5H2N3O2-. The Kier molecular flexibility index (Phi) is 1.38. The van der Waals surface area contributed by atoms with Crippen LogP contribution < -0.4 is 5.11 Å². The number of carboxylic acids is 1. The lowest BCUT2D eigenvalue weighted by atomic mass is 10.3. The number of nitrogens with one attached hydrogen (secondary N) is 1. The van der Waals surface area contributed by atoms with Crippen molar-refractivity contribution < 1.29 is 9.90 Å². The molecule has 1 N–H and O–H groups in total. The number of H-pyrrole nitrogens is 1. The maximum Gasteiger partial charge on any atom is 0.103 e. The first-order valence-corrected chi connectivity index (χ1v) is 2.40. The first kappa shape index (κ1) is 6.29. The van der Waals surface area contributed by atoms with Crippen molar-refractivity contribution in [2.75, 3.05) is 0 Å². The SMILES string of the molecule is N#Cc1cn[nH]c1C(=O)[O-]. The minimum Gasteiger partial charge on any atom is -0.543 e. The van der Waals surface area contributed by atoms with Crippen molar-refractivity contribution in [3.8, 4) is 6.07 Å². The number of nitrogens with zero attached hydrogens (tertiary/aromatic N) is 2. The minimum atomic E-state index is -1.42.